The van der Waals surface area contributed by atoms with E-state index in [1.165, 1.54) is 24.1 Å². The molecule has 0 amide bonds. The molecule has 0 bridgehead atoms. The lowest BCUT2D eigenvalue weighted by Crippen LogP contribution is -1.91. The van der Waals surface area contributed by atoms with Gasteiger partial charge in [-0.25, -0.2) is 0 Å². The van der Waals surface area contributed by atoms with Gasteiger partial charge >= 0.3 is 0 Å². The van der Waals surface area contributed by atoms with Crippen molar-refractivity contribution in [3.8, 4) is 0 Å². The standard InChI is InChI=1S/C16H17N/c1-2-6-13(7-3-1)16-12-14(16)9-10-15-8-4-5-11-17-15/h1-8,11,14,16H,9-10,12H2/t14-,16?/m0/s1. The maximum absolute atomic E-state index is 4.38. The van der Waals surface area contributed by atoms with Crippen molar-refractivity contribution in [3.05, 3.63) is 66.0 Å². The molecule has 86 valence electrons. The smallest absolute Gasteiger partial charge is 0.0403 e. The van der Waals surface area contributed by atoms with E-state index in [4.69, 9.17) is 0 Å². The summed E-state index contributed by atoms with van der Waals surface area (Å²) in [5, 5.41) is 0. The minimum absolute atomic E-state index is 0.805. The minimum Gasteiger partial charge on any atom is -0.261 e. The van der Waals surface area contributed by atoms with E-state index in [9.17, 15) is 0 Å². The Morgan fingerprint density at radius 2 is 1.82 bits per heavy atom. The van der Waals surface area contributed by atoms with Gasteiger partial charge in [0.1, 0.15) is 0 Å². The predicted octanol–water partition coefficient (Wildman–Crippen LogP) is 3.82. The fourth-order valence-electron chi connectivity index (χ4n) is 2.55. The van der Waals surface area contributed by atoms with Crippen LogP contribution in [0.3, 0.4) is 0 Å². The number of hydrogen-bond donors (Lipinski definition) is 0. The first-order valence-corrected chi connectivity index (χ1v) is 6.38. The summed E-state index contributed by atoms with van der Waals surface area (Å²) in [6.45, 7) is 0. The van der Waals surface area contributed by atoms with E-state index in [2.05, 4.69) is 47.4 Å². The molecule has 1 unspecified atom stereocenters. The zero-order valence-electron chi connectivity index (χ0n) is 9.92. The number of nitrogens with zero attached hydrogens (tertiary/aromatic N) is 1. The normalized spacial score (nSPS) is 22.4. The molecule has 0 spiro atoms. The lowest BCUT2D eigenvalue weighted by molar-refractivity contribution is 0.693. The van der Waals surface area contributed by atoms with Gasteiger partial charge in [-0.1, -0.05) is 36.4 Å². The van der Waals surface area contributed by atoms with Gasteiger partial charge in [0.05, 0.1) is 0 Å². The molecule has 1 heterocycles. The second-order valence-electron chi connectivity index (χ2n) is 4.87. The van der Waals surface area contributed by atoms with Crippen molar-refractivity contribution in [2.75, 3.05) is 0 Å². The minimum atomic E-state index is 0.805. The number of aromatic nitrogens is 1. The van der Waals surface area contributed by atoms with Gasteiger partial charge in [0.25, 0.3) is 0 Å². The van der Waals surface area contributed by atoms with E-state index in [0.29, 0.717) is 0 Å². The topological polar surface area (TPSA) is 12.9 Å². The third-order valence-corrected chi connectivity index (χ3v) is 3.65. The highest BCUT2D eigenvalue weighted by molar-refractivity contribution is 5.25. The van der Waals surface area contributed by atoms with E-state index >= 15 is 0 Å². The van der Waals surface area contributed by atoms with E-state index in [-0.39, 0.29) is 0 Å². The second-order valence-corrected chi connectivity index (χ2v) is 4.87. The number of pyridine rings is 1. The van der Waals surface area contributed by atoms with Crippen molar-refractivity contribution in [2.45, 2.75) is 25.2 Å². The largest absolute Gasteiger partial charge is 0.261 e. The zero-order valence-corrected chi connectivity index (χ0v) is 9.92. The summed E-state index contributed by atoms with van der Waals surface area (Å²) in [6, 6.07) is 17.1. The lowest BCUT2D eigenvalue weighted by atomic mass is 10.1. The summed E-state index contributed by atoms with van der Waals surface area (Å²) >= 11 is 0. The molecule has 1 fully saturated rings. The molecule has 1 aliphatic carbocycles. The van der Waals surface area contributed by atoms with Gasteiger partial charge < -0.3 is 0 Å². The molecule has 1 aliphatic rings. The summed E-state index contributed by atoms with van der Waals surface area (Å²) in [7, 11) is 0. The Morgan fingerprint density at radius 3 is 2.59 bits per heavy atom. The summed E-state index contributed by atoms with van der Waals surface area (Å²) < 4.78 is 0. The van der Waals surface area contributed by atoms with Crippen molar-refractivity contribution >= 4 is 0 Å². The maximum atomic E-state index is 4.38. The molecular formula is C16H17N. The third kappa shape index (κ3) is 2.55. The van der Waals surface area contributed by atoms with E-state index in [0.717, 1.165) is 18.3 Å². The van der Waals surface area contributed by atoms with Crippen LogP contribution in [-0.4, -0.2) is 4.98 Å². The van der Waals surface area contributed by atoms with Gasteiger partial charge in [-0.3, -0.25) is 4.98 Å². The predicted molar refractivity (Wildman–Crippen MR) is 69.8 cm³/mol. The van der Waals surface area contributed by atoms with Gasteiger partial charge in [0.2, 0.25) is 0 Å². The van der Waals surface area contributed by atoms with E-state index in [1.807, 2.05) is 12.3 Å². The molecule has 2 atom stereocenters. The molecular weight excluding hydrogens is 206 g/mol. The summed E-state index contributed by atoms with van der Waals surface area (Å²) in [4.78, 5) is 4.38. The molecule has 17 heavy (non-hydrogen) atoms. The molecule has 1 saturated carbocycles. The van der Waals surface area contributed by atoms with Crippen LogP contribution in [0.2, 0.25) is 0 Å². The number of benzene rings is 1. The molecule has 3 rings (SSSR count). The average Bonchev–Trinajstić information content (AvgIpc) is 3.18. The van der Waals surface area contributed by atoms with Crippen LogP contribution in [-0.2, 0) is 6.42 Å². The van der Waals surface area contributed by atoms with Gasteiger partial charge in [0.15, 0.2) is 0 Å². The van der Waals surface area contributed by atoms with Crippen LogP contribution in [0.1, 0.15) is 30.0 Å². The summed E-state index contributed by atoms with van der Waals surface area (Å²) in [5.41, 5.74) is 2.74. The number of hydrogen-bond acceptors (Lipinski definition) is 1. The highest BCUT2D eigenvalue weighted by atomic mass is 14.7. The van der Waals surface area contributed by atoms with Crippen molar-refractivity contribution in [1.29, 1.82) is 0 Å². The van der Waals surface area contributed by atoms with Crippen molar-refractivity contribution in [2.24, 2.45) is 5.92 Å². The van der Waals surface area contributed by atoms with Crippen molar-refractivity contribution < 1.29 is 0 Å². The highest BCUT2D eigenvalue weighted by Crippen LogP contribution is 2.49. The average molecular weight is 223 g/mol. The molecule has 1 aromatic heterocycles. The zero-order chi connectivity index (χ0) is 11.5. The van der Waals surface area contributed by atoms with Crippen LogP contribution >= 0.6 is 0 Å². The Balaban J connectivity index is 1.53. The molecule has 1 heteroatoms. The van der Waals surface area contributed by atoms with Crippen LogP contribution in [0, 0.1) is 5.92 Å². The fourth-order valence-corrected chi connectivity index (χ4v) is 2.55. The first-order chi connectivity index (χ1) is 8.43. The van der Waals surface area contributed by atoms with Gasteiger partial charge in [0, 0.05) is 11.9 Å². The van der Waals surface area contributed by atoms with Gasteiger partial charge in [-0.05, 0) is 48.8 Å². The summed E-state index contributed by atoms with van der Waals surface area (Å²) in [5.74, 6) is 1.68. The quantitative estimate of drug-likeness (QED) is 0.768. The Labute approximate surface area is 103 Å². The first-order valence-electron chi connectivity index (χ1n) is 6.38. The third-order valence-electron chi connectivity index (χ3n) is 3.65. The monoisotopic (exact) mass is 223 g/mol. The molecule has 0 saturated heterocycles. The molecule has 0 aliphatic heterocycles. The van der Waals surface area contributed by atoms with Crippen LogP contribution in [0.5, 0.6) is 0 Å². The maximum Gasteiger partial charge on any atom is 0.0403 e. The first kappa shape index (κ1) is 10.5. The Hall–Kier alpha value is -1.63. The van der Waals surface area contributed by atoms with Gasteiger partial charge in [-0.15, -0.1) is 0 Å². The summed E-state index contributed by atoms with van der Waals surface area (Å²) in [6.07, 6.45) is 5.64. The highest BCUT2D eigenvalue weighted by Gasteiger charge is 2.37. The molecule has 0 radical (unpaired) electrons. The van der Waals surface area contributed by atoms with E-state index < -0.39 is 0 Å². The molecule has 0 N–H and O–H groups in total. The number of rotatable bonds is 4. The SMILES string of the molecule is c1ccc(C2C[C@@H]2CCc2ccccn2)cc1. The second kappa shape index (κ2) is 4.70. The van der Waals surface area contributed by atoms with Crippen LogP contribution < -0.4 is 0 Å². The van der Waals surface area contributed by atoms with Crippen molar-refractivity contribution in [1.82, 2.24) is 4.98 Å². The van der Waals surface area contributed by atoms with Gasteiger partial charge in [-0.2, -0.15) is 0 Å². The fraction of sp³-hybridized carbons (Fsp3) is 0.312. The Kier molecular flexibility index (Phi) is 2.91. The van der Waals surface area contributed by atoms with Crippen molar-refractivity contribution in [3.63, 3.8) is 0 Å². The van der Waals surface area contributed by atoms with Crippen LogP contribution in [0.15, 0.2) is 54.7 Å². The van der Waals surface area contributed by atoms with Crippen LogP contribution in [0.25, 0.3) is 0 Å². The lowest BCUT2D eigenvalue weighted by Gasteiger charge is -2.01. The Bertz CT molecular complexity index is 463. The molecule has 1 nitrogen and oxygen atoms in total. The van der Waals surface area contributed by atoms with Crippen LogP contribution in [0.4, 0.5) is 0 Å². The Morgan fingerprint density at radius 1 is 1.00 bits per heavy atom. The number of aryl methyl sites for hydroxylation is 1. The molecule has 1 aromatic carbocycles. The van der Waals surface area contributed by atoms with E-state index in [1.54, 1.807) is 0 Å². The molecule has 2 aromatic rings.